The maximum absolute atomic E-state index is 12.9. The predicted octanol–water partition coefficient (Wildman–Crippen LogP) is 1.08. The topological polar surface area (TPSA) is 111 Å². The van der Waals surface area contributed by atoms with Gasteiger partial charge in [0.05, 0.1) is 22.5 Å². The van der Waals surface area contributed by atoms with Gasteiger partial charge in [0.1, 0.15) is 10.7 Å². The third kappa shape index (κ3) is 4.40. The summed E-state index contributed by atoms with van der Waals surface area (Å²) in [4.78, 5) is 8.84. The Hall–Kier alpha value is -1.26. The van der Waals surface area contributed by atoms with E-state index in [0.29, 0.717) is 12.1 Å². The average Bonchev–Trinajstić information content (AvgIpc) is 2.25. The Morgan fingerprint density at radius 3 is 2.26 bits per heavy atom. The molecule has 1 rings (SSSR count). The monoisotopic (exact) mass is 331 g/mol. The molecular formula is C8H7ClFNO6S2. The van der Waals surface area contributed by atoms with Gasteiger partial charge in [0.25, 0.3) is 5.69 Å². The fourth-order valence-electron chi connectivity index (χ4n) is 1.22. The van der Waals surface area contributed by atoms with Gasteiger partial charge in [0.15, 0.2) is 9.84 Å². The summed E-state index contributed by atoms with van der Waals surface area (Å²) in [5.74, 6) is -2.80. The molecule has 0 bridgehead atoms. The lowest BCUT2D eigenvalue weighted by molar-refractivity contribution is -0.388. The van der Waals surface area contributed by atoms with E-state index in [1.807, 2.05) is 0 Å². The van der Waals surface area contributed by atoms with Gasteiger partial charge in [-0.25, -0.2) is 21.2 Å². The van der Waals surface area contributed by atoms with Gasteiger partial charge < -0.3 is 0 Å². The molecular weight excluding hydrogens is 325 g/mol. The number of nitro benzene ring substituents is 1. The van der Waals surface area contributed by atoms with Crippen molar-refractivity contribution in [2.75, 3.05) is 11.5 Å². The zero-order valence-electron chi connectivity index (χ0n) is 9.12. The lowest BCUT2D eigenvalue weighted by Crippen LogP contribution is -2.15. The number of nitrogens with zero attached hydrogens (tertiary/aromatic N) is 1. The SMILES string of the molecule is O=[N+]([O-])c1cc(F)ccc1S(=O)(=O)CCS(=O)(=O)Cl. The van der Waals surface area contributed by atoms with Crippen LogP contribution in [0.3, 0.4) is 0 Å². The molecule has 0 aliphatic carbocycles. The smallest absolute Gasteiger partial charge is 0.258 e. The van der Waals surface area contributed by atoms with E-state index < -0.39 is 51.7 Å². The Kier molecular flexibility index (Phi) is 4.48. The van der Waals surface area contributed by atoms with Crippen LogP contribution in [0.1, 0.15) is 0 Å². The molecule has 0 aliphatic heterocycles. The minimum absolute atomic E-state index is 0.447. The van der Waals surface area contributed by atoms with Crippen LogP contribution in [0.15, 0.2) is 23.1 Å². The van der Waals surface area contributed by atoms with E-state index in [4.69, 9.17) is 10.7 Å². The zero-order chi connectivity index (χ0) is 14.8. The van der Waals surface area contributed by atoms with E-state index in [-0.39, 0.29) is 0 Å². The molecule has 0 aliphatic rings. The van der Waals surface area contributed by atoms with Gasteiger partial charge in [-0.15, -0.1) is 0 Å². The first kappa shape index (κ1) is 15.8. The van der Waals surface area contributed by atoms with Gasteiger partial charge in [-0.3, -0.25) is 10.1 Å². The second-order valence-corrected chi connectivity index (χ2v) is 8.41. The highest BCUT2D eigenvalue weighted by atomic mass is 35.7. The van der Waals surface area contributed by atoms with Crippen molar-refractivity contribution in [1.29, 1.82) is 0 Å². The van der Waals surface area contributed by atoms with Crippen molar-refractivity contribution in [2.45, 2.75) is 4.90 Å². The largest absolute Gasteiger partial charge is 0.290 e. The molecule has 0 heterocycles. The number of hydrogen-bond acceptors (Lipinski definition) is 6. The zero-order valence-corrected chi connectivity index (χ0v) is 11.5. The van der Waals surface area contributed by atoms with Crippen LogP contribution >= 0.6 is 10.7 Å². The number of rotatable bonds is 5. The lowest BCUT2D eigenvalue weighted by Gasteiger charge is -2.04. The first-order chi connectivity index (χ1) is 8.53. The molecule has 19 heavy (non-hydrogen) atoms. The fraction of sp³-hybridized carbons (Fsp3) is 0.250. The lowest BCUT2D eigenvalue weighted by atomic mass is 10.3. The number of hydrogen-bond donors (Lipinski definition) is 0. The molecule has 0 spiro atoms. The molecule has 0 amide bonds. The summed E-state index contributed by atoms with van der Waals surface area (Å²) < 4.78 is 57.8. The quantitative estimate of drug-likeness (QED) is 0.345. The van der Waals surface area contributed by atoms with Crippen molar-refractivity contribution in [3.8, 4) is 0 Å². The van der Waals surface area contributed by atoms with Crippen LogP contribution in [0.4, 0.5) is 10.1 Å². The minimum Gasteiger partial charge on any atom is -0.258 e. The van der Waals surface area contributed by atoms with E-state index in [1.165, 1.54) is 0 Å². The van der Waals surface area contributed by atoms with E-state index >= 15 is 0 Å². The molecule has 106 valence electrons. The first-order valence-electron chi connectivity index (χ1n) is 4.62. The van der Waals surface area contributed by atoms with E-state index in [0.717, 1.165) is 6.07 Å². The Balaban J connectivity index is 3.25. The van der Waals surface area contributed by atoms with Crippen LogP contribution in [0.2, 0.25) is 0 Å². The summed E-state index contributed by atoms with van der Waals surface area (Å²) in [7, 11) is -3.45. The third-order valence-corrected chi connectivity index (χ3v) is 5.22. The molecule has 0 atom stereocenters. The molecule has 0 N–H and O–H groups in total. The van der Waals surface area contributed by atoms with Crippen LogP contribution < -0.4 is 0 Å². The standard InChI is InChI=1S/C8H7ClFNO6S2/c9-19(16,17)4-3-18(14,15)8-2-1-6(10)5-7(8)11(12)13/h1-2,5H,3-4H2. The summed E-state index contributed by atoms with van der Waals surface area (Å²) >= 11 is 0. The van der Waals surface area contributed by atoms with Crippen LogP contribution in [-0.2, 0) is 18.9 Å². The molecule has 0 aromatic heterocycles. The second kappa shape index (κ2) is 5.39. The van der Waals surface area contributed by atoms with Crippen molar-refractivity contribution in [3.63, 3.8) is 0 Å². The van der Waals surface area contributed by atoms with Crippen molar-refractivity contribution >= 4 is 35.3 Å². The Labute approximate surface area is 112 Å². The van der Waals surface area contributed by atoms with Gasteiger partial charge in [-0.2, -0.15) is 0 Å². The summed E-state index contributed by atoms with van der Waals surface area (Å²) in [6, 6.07) is 1.89. The third-order valence-electron chi connectivity index (χ3n) is 2.05. The summed E-state index contributed by atoms with van der Waals surface area (Å²) in [6.45, 7) is 0. The van der Waals surface area contributed by atoms with Gasteiger partial charge in [0, 0.05) is 10.7 Å². The number of benzene rings is 1. The van der Waals surface area contributed by atoms with E-state index in [2.05, 4.69) is 0 Å². The van der Waals surface area contributed by atoms with Gasteiger partial charge in [0.2, 0.25) is 9.05 Å². The number of sulfone groups is 1. The van der Waals surface area contributed by atoms with E-state index in [9.17, 15) is 31.3 Å². The van der Waals surface area contributed by atoms with Crippen molar-refractivity contribution in [2.24, 2.45) is 0 Å². The number of halogens is 2. The minimum atomic E-state index is -4.26. The maximum atomic E-state index is 12.9. The van der Waals surface area contributed by atoms with Crippen molar-refractivity contribution in [3.05, 3.63) is 34.1 Å². The highest BCUT2D eigenvalue weighted by Crippen LogP contribution is 2.25. The number of nitro groups is 1. The van der Waals surface area contributed by atoms with Crippen LogP contribution in [0.5, 0.6) is 0 Å². The normalized spacial score (nSPS) is 12.3. The highest BCUT2D eigenvalue weighted by molar-refractivity contribution is 8.14. The summed E-state index contributed by atoms with van der Waals surface area (Å²) in [5, 5.41) is 10.7. The Bertz CT molecular complexity index is 715. The predicted molar refractivity (Wildman–Crippen MR) is 64.7 cm³/mol. The molecule has 0 fully saturated rings. The molecule has 1 aromatic carbocycles. The molecule has 0 saturated heterocycles. The summed E-state index contributed by atoms with van der Waals surface area (Å²) in [5.41, 5.74) is -0.952. The molecule has 11 heteroatoms. The maximum Gasteiger partial charge on any atom is 0.290 e. The van der Waals surface area contributed by atoms with Crippen LogP contribution in [0, 0.1) is 15.9 Å². The molecule has 1 aromatic rings. The fourth-order valence-corrected chi connectivity index (χ4v) is 4.40. The van der Waals surface area contributed by atoms with Gasteiger partial charge in [-0.05, 0) is 12.1 Å². The highest BCUT2D eigenvalue weighted by Gasteiger charge is 2.27. The Morgan fingerprint density at radius 1 is 1.21 bits per heavy atom. The second-order valence-electron chi connectivity index (χ2n) is 3.43. The Morgan fingerprint density at radius 2 is 1.79 bits per heavy atom. The summed E-state index contributed by atoms with van der Waals surface area (Å²) in [6.07, 6.45) is 0. The molecule has 0 radical (unpaired) electrons. The molecule has 7 nitrogen and oxygen atoms in total. The molecule has 0 saturated carbocycles. The van der Waals surface area contributed by atoms with Crippen molar-refractivity contribution in [1.82, 2.24) is 0 Å². The molecule has 0 unspecified atom stereocenters. The first-order valence-corrected chi connectivity index (χ1v) is 8.75. The van der Waals surface area contributed by atoms with E-state index in [1.54, 1.807) is 0 Å². The van der Waals surface area contributed by atoms with Gasteiger partial charge >= 0.3 is 0 Å². The average molecular weight is 332 g/mol. The van der Waals surface area contributed by atoms with Crippen molar-refractivity contribution < 1.29 is 26.1 Å². The van der Waals surface area contributed by atoms with Gasteiger partial charge in [-0.1, -0.05) is 0 Å². The van der Waals surface area contributed by atoms with Crippen LogP contribution in [-0.4, -0.2) is 33.3 Å². The van der Waals surface area contributed by atoms with Crippen LogP contribution in [0.25, 0.3) is 0 Å².